The van der Waals surface area contributed by atoms with E-state index in [1.807, 2.05) is 12.1 Å². The lowest BCUT2D eigenvalue weighted by Gasteiger charge is -2.28. The van der Waals surface area contributed by atoms with E-state index in [1.54, 1.807) is 59.9 Å². The lowest BCUT2D eigenvalue weighted by molar-refractivity contribution is -0.896. The number of methoxy groups -OCH3 is 1. The number of imidazole rings is 1. The third-order valence-electron chi connectivity index (χ3n) is 6.79. The highest BCUT2D eigenvalue weighted by Gasteiger charge is 2.44. The van der Waals surface area contributed by atoms with Gasteiger partial charge in [-0.1, -0.05) is 24.0 Å². The monoisotopic (exact) mass is 476 g/mol. The Hall–Kier alpha value is -3.65. The van der Waals surface area contributed by atoms with E-state index in [-0.39, 0.29) is 5.57 Å². The summed E-state index contributed by atoms with van der Waals surface area (Å²) in [5.41, 5.74) is 2.07. The Morgan fingerprint density at radius 1 is 1.14 bits per heavy atom. The van der Waals surface area contributed by atoms with Crippen molar-refractivity contribution in [1.82, 2.24) is 14.3 Å². The standard InChI is InChI=1S/C27H32N4O4/c1-5-29(6-2)14-10-16-31-24(19-11-9-12-20(17-19)35-4)22(26(33)27(31)34)25(32)23-18(3)28-21-13-7-8-15-30(21)23/h7-9,11-13,15,17,24,32H,5-6,10,14,16H2,1-4H3/b25-22+. The number of ether oxygens (including phenoxy) is 1. The number of rotatable bonds is 9. The van der Waals surface area contributed by atoms with Crippen LogP contribution in [0.25, 0.3) is 11.4 Å². The SMILES string of the molecule is CC[NH+](CC)CCCN1C(=O)C(=O)/C(=C(/[O-])c2c(C)nc3ccccn23)C1c1cccc(OC)c1. The molecule has 35 heavy (non-hydrogen) atoms. The molecule has 8 nitrogen and oxygen atoms in total. The summed E-state index contributed by atoms with van der Waals surface area (Å²) >= 11 is 0. The molecule has 3 aromatic rings. The van der Waals surface area contributed by atoms with Crippen molar-refractivity contribution in [2.45, 2.75) is 33.2 Å². The molecule has 184 valence electrons. The van der Waals surface area contributed by atoms with Crippen LogP contribution in [-0.2, 0) is 9.59 Å². The summed E-state index contributed by atoms with van der Waals surface area (Å²) < 4.78 is 7.07. The fourth-order valence-corrected chi connectivity index (χ4v) is 4.88. The Morgan fingerprint density at radius 2 is 1.91 bits per heavy atom. The number of nitrogens with zero attached hydrogens (tertiary/aromatic N) is 3. The van der Waals surface area contributed by atoms with Gasteiger partial charge >= 0.3 is 0 Å². The van der Waals surface area contributed by atoms with Crippen molar-refractivity contribution in [3.63, 3.8) is 0 Å². The Bertz CT molecular complexity index is 1280. The summed E-state index contributed by atoms with van der Waals surface area (Å²) in [6, 6.07) is 11.9. The zero-order valence-electron chi connectivity index (χ0n) is 20.7. The Morgan fingerprint density at radius 3 is 2.63 bits per heavy atom. The average Bonchev–Trinajstić information content (AvgIpc) is 3.34. The number of nitrogens with one attached hydrogen (secondary N) is 1. The molecule has 1 atom stereocenters. The van der Waals surface area contributed by atoms with Crippen molar-refractivity contribution in [2.75, 3.05) is 33.3 Å². The summed E-state index contributed by atoms with van der Waals surface area (Å²) in [6.07, 6.45) is 2.47. The molecule has 1 aromatic carbocycles. The van der Waals surface area contributed by atoms with Crippen molar-refractivity contribution in [1.29, 1.82) is 0 Å². The highest BCUT2D eigenvalue weighted by Crippen LogP contribution is 2.40. The van der Waals surface area contributed by atoms with Gasteiger partial charge in [-0.3, -0.25) is 9.59 Å². The maximum Gasteiger partial charge on any atom is 0.295 e. The van der Waals surface area contributed by atoms with Gasteiger partial charge in [-0.25, -0.2) is 4.98 Å². The largest absolute Gasteiger partial charge is 0.871 e. The maximum absolute atomic E-state index is 13.9. The lowest BCUT2D eigenvalue weighted by atomic mass is 9.96. The number of Topliss-reactive ketones (excluding diaryl/α,β-unsaturated/α-hetero) is 1. The lowest BCUT2D eigenvalue weighted by Crippen LogP contribution is -3.11. The zero-order valence-corrected chi connectivity index (χ0v) is 20.7. The number of fused-ring (bicyclic) bond motifs is 1. The van der Waals surface area contributed by atoms with E-state index in [0.29, 0.717) is 34.9 Å². The summed E-state index contributed by atoms with van der Waals surface area (Å²) in [6.45, 7) is 9.26. The molecular formula is C27H32N4O4. The van der Waals surface area contributed by atoms with Gasteiger partial charge in [0.1, 0.15) is 11.4 Å². The van der Waals surface area contributed by atoms with E-state index in [0.717, 1.165) is 26.1 Å². The van der Waals surface area contributed by atoms with Crippen molar-refractivity contribution >= 4 is 23.1 Å². The van der Waals surface area contributed by atoms with Gasteiger partial charge in [-0.15, -0.1) is 0 Å². The fourth-order valence-electron chi connectivity index (χ4n) is 4.88. The van der Waals surface area contributed by atoms with Crippen LogP contribution in [0.15, 0.2) is 54.2 Å². The first-order valence-corrected chi connectivity index (χ1v) is 12.1. The average molecular weight is 477 g/mol. The molecule has 1 aliphatic heterocycles. The van der Waals surface area contributed by atoms with Crippen molar-refractivity contribution in [3.05, 3.63) is 71.2 Å². The molecule has 2 aromatic heterocycles. The molecule has 3 heterocycles. The maximum atomic E-state index is 13.9. The third-order valence-corrected chi connectivity index (χ3v) is 6.79. The third kappa shape index (κ3) is 4.53. The van der Waals surface area contributed by atoms with Gasteiger partial charge < -0.3 is 24.0 Å². The minimum absolute atomic E-state index is 0.0350. The second-order valence-corrected chi connectivity index (χ2v) is 8.78. The number of pyridine rings is 1. The number of likely N-dealkylation sites (tertiary alicyclic amines) is 1. The molecule has 0 spiro atoms. The smallest absolute Gasteiger partial charge is 0.295 e. The number of aromatic nitrogens is 2. The van der Waals surface area contributed by atoms with Gasteiger partial charge in [0.2, 0.25) is 5.78 Å². The van der Waals surface area contributed by atoms with E-state index >= 15 is 0 Å². The molecule has 1 N–H and O–H groups in total. The topological polar surface area (TPSA) is 91.4 Å². The van der Waals surface area contributed by atoms with Crippen LogP contribution in [0.4, 0.5) is 0 Å². The van der Waals surface area contributed by atoms with Gasteiger partial charge in [0.15, 0.2) is 0 Å². The molecule has 0 saturated carbocycles. The van der Waals surface area contributed by atoms with Crippen LogP contribution in [0.3, 0.4) is 0 Å². The number of hydrogen-bond donors (Lipinski definition) is 1. The molecule has 1 fully saturated rings. The molecular weight excluding hydrogens is 444 g/mol. The molecule has 8 heteroatoms. The molecule has 1 saturated heterocycles. The number of amides is 1. The normalized spacial score (nSPS) is 17.6. The van der Waals surface area contributed by atoms with E-state index in [2.05, 4.69) is 18.8 Å². The highest BCUT2D eigenvalue weighted by atomic mass is 16.5. The van der Waals surface area contributed by atoms with Crippen LogP contribution in [-0.4, -0.2) is 59.3 Å². The van der Waals surface area contributed by atoms with E-state index in [1.165, 1.54) is 4.90 Å². The van der Waals surface area contributed by atoms with Crippen molar-refractivity contribution in [3.8, 4) is 5.75 Å². The Labute approximate surface area is 205 Å². The van der Waals surface area contributed by atoms with Crippen LogP contribution in [0.2, 0.25) is 0 Å². The first-order chi connectivity index (χ1) is 16.9. The van der Waals surface area contributed by atoms with Crippen molar-refractivity contribution < 1.29 is 24.3 Å². The number of carbonyl (C=O) groups excluding carboxylic acids is 2. The van der Waals surface area contributed by atoms with Crippen LogP contribution >= 0.6 is 0 Å². The summed E-state index contributed by atoms with van der Waals surface area (Å²) in [7, 11) is 1.56. The number of benzene rings is 1. The van der Waals surface area contributed by atoms with E-state index in [9.17, 15) is 14.7 Å². The zero-order chi connectivity index (χ0) is 25.1. The van der Waals surface area contributed by atoms with Crippen LogP contribution in [0, 0.1) is 6.92 Å². The molecule has 1 amide bonds. The Balaban J connectivity index is 1.83. The molecule has 1 aliphatic rings. The predicted octanol–water partition coefficient (Wildman–Crippen LogP) is 1.19. The second-order valence-electron chi connectivity index (χ2n) is 8.78. The number of ketones is 1. The Kier molecular flexibility index (Phi) is 7.21. The molecule has 1 unspecified atom stereocenters. The van der Waals surface area contributed by atoms with Gasteiger partial charge in [0.25, 0.3) is 5.91 Å². The second kappa shape index (κ2) is 10.3. The summed E-state index contributed by atoms with van der Waals surface area (Å²) in [5.74, 6) is -1.26. The highest BCUT2D eigenvalue weighted by molar-refractivity contribution is 6.46. The summed E-state index contributed by atoms with van der Waals surface area (Å²) in [5, 5.41) is 13.9. The predicted molar refractivity (Wildman–Crippen MR) is 131 cm³/mol. The minimum Gasteiger partial charge on any atom is -0.871 e. The van der Waals surface area contributed by atoms with Gasteiger partial charge in [0.05, 0.1) is 44.2 Å². The quantitative estimate of drug-likeness (QED) is 0.285. The number of quaternary nitrogens is 1. The first kappa shape index (κ1) is 24.5. The number of carbonyl (C=O) groups is 2. The molecule has 4 rings (SSSR count). The number of aryl methyl sites for hydroxylation is 1. The van der Waals surface area contributed by atoms with E-state index < -0.39 is 23.5 Å². The van der Waals surface area contributed by atoms with Gasteiger partial charge in [-0.05, 0) is 50.6 Å². The molecule has 0 bridgehead atoms. The first-order valence-electron chi connectivity index (χ1n) is 12.1. The molecule has 0 radical (unpaired) electrons. The van der Waals surface area contributed by atoms with Gasteiger partial charge in [0, 0.05) is 24.7 Å². The van der Waals surface area contributed by atoms with Crippen molar-refractivity contribution in [2.24, 2.45) is 0 Å². The number of hydrogen-bond acceptors (Lipinski definition) is 5. The molecule has 0 aliphatic carbocycles. The summed E-state index contributed by atoms with van der Waals surface area (Å²) in [4.78, 5) is 34.0. The van der Waals surface area contributed by atoms with Crippen LogP contribution in [0.5, 0.6) is 5.75 Å². The minimum atomic E-state index is -0.780. The van der Waals surface area contributed by atoms with Crippen LogP contribution in [0.1, 0.15) is 43.3 Å². The van der Waals surface area contributed by atoms with Crippen LogP contribution < -0.4 is 14.7 Å². The van der Waals surface area contributed by atoms with E-state index in [4.69, 9.17) is 4.74 Å². The van der Waals surface area contributed by atoms with Gasteiger partial charge in [-0.2, -0.15) is 0 Å². The fraction of sp³-hybridized carbons (Fsp3) is 0.370.